The third kappa shape index (κ3) is 4.59. The van der Waals surface area contributed by atoms with Gasteiger partial charge in [-0.3, -0.25) is 9.69 Å². The summed E-state index contributed by atoms with van der Waals surface area (Å²) in [7, 11) is 1.78. The fourth-order valence-electron chi connectivity index (χ4n) is 2.87. The van der Waals surface area contributed by atoms with Crippen LogP contribution in [0.15, 0.2) is 30.3 Å². The lowest BCUT2D eigenvalue weighted by atomic mass is 10.0. The Morgan fingerprint density at radius 2 is 1.84 bits per heavy atom. The zero-order valence-electron chi connectivity index (χ0n) is 15.3. The molecule has 0 spiro atoms. The summed E-state index contributed by atoms with van der Waals surface area (Å²) >= 11 is 6.08. The van der Waals surface area contributed by atoms with Gasteiger partial charge in [-0.2, -0.15) is 0 Å². The number of amides is 1. The van der Waals surface area contributed by atoms with Crippen molar-refractivity contribution in [3.8, 4) is 0 Å². The first-order valence-electron chi connectivity index (χ1n) is 8.22. The van der Waals surface area contributed by atoms with Crippen LogP contribution >= 0.6 is 11.6 Å². The van der Waals surface area contributed by atoms with Crippen LogP contribution < -0.4 is 5.32 Å². The lowest BCUT2D eigenvalue weighted by Crippen LogP contribution is -2.39. The van der Waals surface area contributed by atoms with E-state index in [1.165, 1.54) is 6.07 Å². The smallest absolute Gasteiger partial charge is 0.241 e. The predicted molar refractivity (Wildman–Crippen MR) is 102 cm³/mol. The number of rotatable bonds is 5. The van der Waals surface area contributed by atoms with Gasteiger partial charge < -0.3 is 5.32 Å². The molecule has 1 atom stereocenters. The fraction of sp³-hybridized carbons (Fsp3) is 0.350. The van der Waals surface area contributed by atoms with E-state index < -0.39 is 6.04 Å². The number of likely N-dealkylation sites (N-methyl/N-ethyl adjacent to an activating group) is 1. The molecule has 0 heterocycles. The Labute approximate surface area is 153 Å². The summed E-state index contributed by atoms with van der Waals surface area (Å²) < 4.78 is 14.0. The maximum absolute atomic E-state index is 14.0. The second-order valence-electron chi connectivity index (χ2n) is 6.55. The van der Waals surface area contributed by atoms with Crippen molar-refractivity contribution in [3.63, 3.8) is 0 Å². The minimum absolute atomic E-state index is 0.134. The standard InChI is InChI=1S/C20H24ClFN2O/c1-12-9-13(2)19(14(3)10-12)23-20(25)15(4)24(5)11-16-17(21)7-6-8-18(16)22/h6-10,15H,11H2,1-5H3,(H,23,25)/t15-/m0/s1. The molecule has 2 aromatic rings. The van der Waals surface area contributed by atoms with Crippen LogP contribution in [0.1, 0.15) is 29.2 Å². The highest BCUT2D eigenvalue weighted by Gasteiger charge is 2.21. The molecule has 3 nitrogen and oxygen atoms in total. The third-order valence-electron chi connectivity index (χ3n) is 4.44. The zero-order valence-corrected chi connectivity index (χ0v) is 16.0. The molecule has 0 aliphatic rings. The number of nitrogens with one attached hydrogen (secondary N) is 1. The quantitative estimate of drug-likeness (QED) is 0.823. The van der Waals surface area contributed by atoms with E-state index in [2.05, 4.69) is 5.32 Å². The second kappa shape index (κ2) is 7.98. The molecule has 0 fully saturated rings. The van der Waals surface area contributed by atoms with E-state index in [9.17, 15) is 9.18 Å². The van der Waals surface area contributed by atoms with E-state index in [-0.39, 0.29) is 18.3 Å². The van der Waals surface area contributed by atoms with Gasteiger partial charge in [0.15, 0.2) is 0 Å². The Balaban J connectivity index is 2.12. The van der Waals surface area contributed by atoms with Crippen molar-refractivity contribution in [2.75, 3.05) is 12.4 Å². The summed E-state index contributed by atoms with van der Waals surface area (Å²) in [5.41, 5.74) is 4.44. The van der Waals surface area contributed by atoms with Gasteiger partial charge in [-0.15, -0.1) is 0 Å². The monoisotopic (exact) mass is 362 g/mol. The first-order valence-corrected chi connectivity index (χ1v) is 8.60. The minimum Gasteiger partial charge on any atom is -0.324 e. The molecule has 1 amide bonds. The van der Waals surface area contributed by atoms with Crippen LogP contribution in [0.3, 0.4) is 0 Å². The van der Waals surface area contributed by atoms with E-state index in [1.54, 1.807) is 31.0 Å². The van der Waals surface area contributed by atoms with Crippen molar-refractivity contribution < 1.29 is 9.18 Å². The van der Waals surface area contributed by atoms with Gasteiger partial charge in [0, 0.05) is 22.8 Å². The molecule has 0 aliphatic carbocycles. The second-order valence-corrected chi connectivity index (χ2v) is 6.96. The molecule has 0 bridgehead atoms. The molecule has 25 heavy (non-hydrogen) atoms. The largest absolute Gasteiger partial charge is 0.324 e. The molecule has 134 valence electrons. The Bertz CT molecular complexity index is 748. The van der Waals surface area contributed by atoms with Crippen molar-refractivity contribution in [2.24, 2.45) is 0 Å². The Morgan fingerprint density at radius 3 is 2.40 bits per heavy atom. The van der Waals surface area contributed by atoms with Crippen LogP contribution in [-0.4, -0.2) is 23.9 Å². The topological polar surface area (TPSA) is 32.3 Å². The highest BCUT2D eigenvalue weighted by Crippen LogP contribution is 2.24. The van der Waals surface area contributed by atoms with Crippen LogP contribution in [0.5, 0.6) is 0 Å². The molecule has 0 saturated carbocycles. The van der Waals surface area contributed by atoms with Crippen LogP contribution in [0.25, 0.3) is 0 Å². The molecule has 2 aromatic carbocycles. The Kier molecular flexibility index (Phi) is 6.20. The van der Waals surface area contributed by atoms with E-state index in [0.29, 0.717) is 10.6 Å². The van der Waals surface area contributed by atoms with Crippen LogP contribution in [0, 0.1) is 26.6 Å². The predicted octanol–water partition coefficient (Wildman–Crippen LogP) is 4.86. The van der Waals surface area contributed by atoms with Gasteiger partial charge in [0.25, 0.3) is 0 Å². The Hall–Kier alpha value is -1.91. The van der Waals surface area contributed by atoms with Gasteiger partial charge in [-0.25, -0.2) is 4.39 Å². The summed E-state index contributed by atoms with van der Waals surface area (Å²) in [6.07, 6.45) is 0. The number of hydrogen-bond acceptors (Lipinski definition) is 2. The van der Waals surface area contributed by atoms with Gasteiger partial charge in [-0.05, 0) is 58.0 Å². The average Bonchev–Trinajstić information content (AvgIpc) is 2.53. The lowest BCUT2D eigenvalue weighted by molar-refractivity contribution is -0.120. The van der Waals surface area contributed by atoms with Crippen molar-refractivity contribution >= 4 is 23.2 Å². The summed E-state index contributed by atoms with van der Waals surface area (Å²) in [6, 6.07) is 8.24. The number of halogens is 2. The molecular weight excluding hydrogens is 339 g/mol. The van der Waals surface area contributed by atoms with Gasteiger partial charge >= 0.3 is 0 Å². The lowest BCUT2D eigenvalue weighted by Gasteiger charge is -2.25. The highest BCUT2D eigenvalue weighted by molar-refractivity contribution is 6.31. The van der Waals surface area contributed by atoms with Crippen molar-refractivity contribution in [1.82, 2.24) is 4.90 Å². The van der Waals surface area contributed by atoms with E-state index >= 15 is 0 Å². The SMILES string of the molecule is Cc1cc(C)c(NC(=O)[C@H](C)N(C)Cc2c(F)cccc2Cl)c(C)c1. The molecule has 0 unspecified atom stereocenters. The highest BCUT2D eigenvalue weighted by atomic mass is 35.5. The van der Waals surface area contributed by atoms with E-state index in [4.69, 9.17) is 11.6 Å². The number of benzene rings is 2. The molecule has 0 aliphatic heterocycles. The summed E-state index contributed by atoms with van der Waals surface area (Å²) in [5, 5.41) is 3.36. The first kappa shape index (κ1) is 19.4. The van der Waals surface area contributed by atoms with Crippen molar-refractivity contribution in [3.05, 3.63) is 63.4 Å². The van der Waals surface area contributed by atoms with Gasteiger partial charge in [0.1, 0.15) is 5.82 Å². The maximum Gasteiger partial charge on any atom is 0.241 e. The average molecular weight is 363 g/mol. The third-order valence-corrected chi connectivity index (χ3v) is 4.79. The summed E-state index contributed by atoms with van der Waals surface area (Å²) in [5.74, 6) is -0.498. The first-order chi connectivity index (χ1) is 11.7. The number of anilines is 1. The number of carbonyl (C=O) groups excluding carboxylic acids is 1. The zero-order chi connectivity index (χ0) is 18.7. The van der Waals surface area contributed by atoms with E-state index in [0.717, 1.165) is 22.4 Å². The number of carbonyl (C=O) groups is 1. The normalized spacial score (nSPS) is 12.3. The van der Waals surface area contributed by atoms with Gasteiger partial charge in [-0.1, -0.05) is 35.4 Å². The molecular formula is C20H24ClFN2O. The molecule has 0 aromatic heterocycles. The van der Waals surface area contributed by atoms with Crippen LogP contribution in [0.2, 0.25) is 5.02 Å². The molecule has 5 heteroatoms. The van der Waals surface area contributed by atoms with Gasteiger partial charge in [0.2, 0.25) is 5.91 Å². The summed E-state index contributed by atoms with van der Waals surface area (Å²) in [4.78, 5) is 14.4. The molecule has 1 N–H and O–H groups in total. The minimum atomic E-state index is -0.434. The van der Waals surface area contributed by atoms with Crippen LogP contribution in [-0.2, 0) is 11.3 Å². The molecule has 0 radical (unpaired) electrons. The molecule has 2 rings (SSSR count). The van der Waals surface area contributed by atoms with E-state index in [1.807, 2.05) is 32.9 Å². The van der Waals surface area contributed by atoms with Crippen molar-refractivity contribution in [2.45, 2.75) is 40.3 Å². The number of aryl methyl sites for hydroxylation is 3. The Morgan fingerprint density at radius 1 is 1.24 bits per heavy atom. The number of hydrogen-bond donors (Lipinski definition) is 1. The summed E-state index contributed by atoms with van der Waals surface area (Å²) in [6.45, 7) is 8.03. The van der Waals surface area contributed by atoms with Crippen LogP contribution in [0.4, 0.5) is 10.1 Å². The fourth-order valence-corrected chi connectivity index (χ4v) is 3.10. The number of nitrogens with zero attached hydrogens (tertiary/aromatic N) is 1. The maximum atomic E-state index is 14.0. The van der Waals surface area contributed by atoms with Gasteiger partial charge in [0.05, 0.1) is 6.04 Å². The molecule has 0 saturated heterocycles. The van der Waals surface area contributed by atoms with Crippen molar-refractivity contribution in [1.29, 1.82) is 0 Å².